The van der Waals surface area contributed by atoms with Crippen LogP contribution in [0.3, 0.4) is 0 Å². The minimum Gasteiger partial charge on any atom is -0.272 e. The van der Waals surface area contributed by atoms with Crippen LogP contribution in [0, 0.1) is 0 Å². The van der Waals surface area contributed by atoms with Crippen LogP contribution in [-0.4, -0.2) is 22.9 Å². The van der Waals surface area contributed by atoms with Gasteiger partial charge in [-0.3, -0.25) is 9.78 Å². The second-order valence-electron chi connectivity index (χ2n) is 4.27. The molecule has 22 heavy (non-hydrogen) atoms. The first-order valence-electron chi connectivity index (χ1n) is 6.39. The molecule has 0 aliphatic heterocycles. The van der Waals surface area contributed by atoms with E-state index in [0.29, 0.717) is 15.8 Å². The predicted octanol–water partition coefficient (Wildman–Crippen LogP) is 3.77. The minimum absolute atomic E-state index is 0.187. The molecule has 0 aliphatic carbocycles. The number of rotatable bonds is 6. The third-order valence-corrected chi connectivity index (χ3v) is 4.30. The molecule has 1 amide bonds. The Hall–Kier alpha value is -1.56. The zero-order valence-electron chi connectivity index (χ0n) is 11.5. The van der Waals surface area contributed by atoms with Crippen LogP contribution in [0.1, 0.15) is 11.1 Å². The monoisotopic (exact) mass is 353 g/mol. The SMILES string of the molecule is O=C(CSCc1c(Cl)cccc1Cl)N/N=C\c1cccnc1. The number of nitrogens with one attached hydrogen (secondary N) is 1. The average molecular weight is 354 g/mol. The lowest BCUT2D eigenvalue weighted by atomic mass is 10.2. The molecule has 1 N–H and O–H groups in total. The van der Waals surface area contributed by atoms with Gasteiger partial charge in [0.1, 0.15) is 0 Å². The van der Waals surface area contributed by atoms with Gasteiger partial charge < -0.3 is 0 Å². The molecule has 114 valence electrons. The standard InChI is InChI=1S/C15H13Cl2N3OS/c16-13-4-1-5-14(17)12(13)9-22-10-15(21)20-19-8-11-3-2-6-18-7-11/h1-8H,9-10H2,(H,20,21)/b19-8-. The molecule has 2 rings (SSSR count). The van der Waals surface area contributed by atoms with Crippen molar-refractivity contribution >= 4 is 47.1 Å². The fourth-order valence-corrected chi connectivity index (χ4v) is 3.14. The van der Waals surface area contributed by atoms with Crippen molar-refractivity contribution in [2.45, 2.75) is 5.75 Å². The normalized spacial score (nSPS) is 10.8. The van der Waals surface area contributed by atoms with Crippen molar-refractivity contribution in [3.05, 3.63) is 63.9 Å². The molecule has 0 spiro atoms. The molecule has 1 heterocycles. The van der Waals surface area contributed by atoms with Gasteiger partial charge >= 0.3 is 0 Å². The number of amides is 1. The molecule has 7 heteroatoms. The molecule has 0 radical (unpaired) electrons. The van der Waals surface area contributed by atoms with E-state index in [9.17, 15) is 4.79 Å². The lowest BCUT2D eigenvalue weighted by molar-refractivity contribution is -0.118. The molecule has 0 saturated heterocycles. The van der Waals surface area contributed by atoms with E-state index in [2.05, 4.69) is 15.5 Å². The molecule has 0 saturated carbocycles. The smallest absolute Gasteiger partial charge is 0.250 e. The number of hydrogen-bond acceptors (Lipinski definition) is 4. The number of hydrogen-bond donors (Lipinski definition) is 1. The van der Waals surface area contributed by atoms with Crippen LogP contribution >= 0.6 is 35.0 Å². The third kappa shape index (κ3) is 5.33. The van der Waals surface area contributed by atoms with Crippen LogP contribution in [0.25, 0.3) is 0 Å². The molecular weight excluding hydrogens is 341 g/mol. The van der Waals surface area contributed by atoms with Crippen molar-refractivity contribution in [3.8, 4) is 0 Å². The number of nitrogens with zero attached hydrogens (tertiary/aromatic N) is 2. The molecule has 0 fully saturated rings. The number of pyridine rings is 1. The first kappa shape index (κ1) is 16.8. The van der Waals surface area contributed by atoms with Crippen molar-refractivity contribution in [3.63, 3.8) is 0 Å². The zero-order chi connectivity index (χ0) is 15.8. The first-order valence-corrected chi connectivity index (χ1v) is 8.30. The summed E-state index contributed by atoms with van der Waals surface area (Å²) in [5, 5.41) is 5.09. The maximum absolute atomic E-state index is 11.7. The zero-order valence-corrected chi connectivity index (χ0v) is 13.8. The van der Waals surface area contributed by atoms with Gasteiger partial charge in [0.2, 0.25) is 5.91 Å². The Balaban J connectivity index is 1.75. The molecular formula is C15H13Cl2N3OS. The molecule has 0 unspecified atom stereocenters. The van der Waals surface area contributed by atoms with Gasteiger partial charge in [-0.25, -0.2) is 5.43 Å². The Morgan fingerprint density at radius 1 is 1.27 bits per heavy atom. The summed E-state index contributed by atoms with van der Waals surface area (Å²) in [5.74, 6) is 0.651. The van der Waals surface area contributed by atoms with E-state index in [1.54, 1.807) is 42.9 Å². The van der Waals surface area contributed by atoms with Gasteiger partial charge in [-0.05, 0) is 23.8 Å². The highest BCUT2D eigenvalue weighted by Gasteiger charge is 2.07. The average Bonchev–Trinajstić information content (AvgIpc) is 2.51. The van der Waals surface area contributed by atoms with Crippen LogP contribution in [0.4, 0.5) is 0 Å². The summed E-state index contributed by atoms with van der Waals surface area (Å²) in [5.41, 5.74) is 4.12. The second-order valence-corrected chi connectivity index (χ2v) is 6.07. The van der Waals surface area contributed by atoms with E-state index in [1.165, 1.54) is 11.8 Å². The molecule has 2 aromatic rings. The van der Waals surface area contributed by atoms with E-state index in [-0.39, 0.29) is 11.7 Å². The number of carbonyl (C=O) groups excluding carboxylic acids is 1. The Morgan fingerprint density at radius 2 is 2.05 bits per heavy atom. The Kier molecular flexibility index (Phi) is 6.71. The second kappa shape index (κ2) is 8.78. The third-order valence-electron chi connectivity index (χ3n) is 2.63. The highest BCUT2D eigenvalue weighted by molar-refractivity contribution is 7.99. The van der Waals surface area contributed by atoms with Gasteiger partial charge in [0.25, 0.3) is 0 Å². The Morgan fingerprint density at radius 3 is 2.73 bits per heavy atom. The fraction of sp³-hybridized carbons (Fsp3) is 0.133. The van der Waals surface area contributed by atoms with Crippen molar-refractivity contribution in [1.29, 1.82) is 0 Å². The minimum atomic E-state index is -0.187. The molecule has 0 atom stereocenters. The van der Waals surface area contributed by atoms with Crippen molar-refractivity contribution in [2.24, 2.45) is 5.10 Å². The molecule has 0 bridgehead atoms. The largest absolute Gasteiger partial charge is 0.272 e. The molecule has 1 aromatic carbocycles. The predicted molar refractivity (Wildman–Crippen MR) is 92.6 cm³/mol. The van der Waals surface area contributed by atoms with E-state index in [4.69, 9.17) is 23.2 Å². The molecule has 1 aromatic heterocycles. The number of thioether (sulfide) groups is 1. The Labute approximate surface area is 142 Å². The maximum atomic E-state index is 11.7. The van der Waals surface area contributed by atoms with Gasteiger partial charge in [0.05, 0.1) is 12.0 Å². The summed E-state index contributed by atoms with van der Waals surface area (Å²) in [6, 6.07) is 8.99. The highest BCUT2D eigenvalue weighted by Crippen LogP contribution is 2.27. The summed E-state index contributed by atoms with van der Waals surface area (Å²) < 4.78 is 0. The van der Waals surface area contributed by atoms with E-state index in [0.717, 1.165) is 11.1 Å². The lowest BCUT2D eigenvalue weighted by Gasteiger charge is -2.06. The highest BCUT2D eigenvalue weighted by atomic mass is 35.5. The van der Waals surface area contributed by atoms with Crippen LogP contribution in [0.2, 0.25) is 10.0 Å². The van der Waals surface area contributed by atoms with Crippen molar-refractivity contribution in [1.82, 2.24) is 10.4 Å². The number of carbonyl (C=O) groups is 1. The molecule has 0 aliphatic rings. The van der Waals surface area contributed by atoms with Crippen molar-refractivity contribution in [2.75, 3.05) is 5.75 Å². The topological polar surface area (TPSA) is 54.4 Å². The summed E-state index contributed by atoms with van der Waals surface area (Å²) in [6.07, 6.45) is 4.87. The van der Waals surface area contributed by atoms with Crippen LogP contribution in [-0.2, 0) is 10.5 Å². The van der Waals surface area contributed by atoms with E-state index in [1.807, 2.05) is 6.07 Å². The van der Waals surface area contributed by atoms with Gasteiger partial charge in [-0.15, -0.1) is 11.8 Å². The van der Waals surface area contributed by atoms with E-state index >= 15 is 0 Å². The summed E-state index contributed by atoms with van der Waals surface area (Å²) in [4.78, 5) is 15.6. The van der Waals surface area contributed by atoms with E-state index < -0.39 is 0 Å². The summed E-state index contributed by atoms with van der Waals surface area (Å²) in [7, 11) is 0. The first-order chi connectivity index (χ1) is 10.7. The van der Waals surface area contributed by atoms with Crippen LogP contribution in [0.5, 0.6) is 0 Å². The van der Waals surface area contributed by atoms with Crippen molar-refractivity contribution < 1.29 is 4.79 Å². The number of hydrazone groups is 1. The van der Waals surface area contributed by atoms with Gasteiger partial charge in [0, 0.05) is 33.8 Å². The molecule has 4 nitrogen and oxygen atoms in total. The van der Waals surface area contributed by atoms with Gasteiger partial charge in [-0.2, -0.15) is 5.10 Å². The quantitative estimate of drug-likeness (QED) is 0.635. The number of halogens is 2. The summed E-state index contributed by atoms with van der Waals surface area (Å²) in [6.45, 7) is 0. The number of benzene rings is 1. The van der Waals surface area contributed by atoms with Crippen LogP contribution in [0.15, 0.2) is 47.8 Å². The Bertz CT molecular complexity index is 645. The summed E-state index contributed by atoms with van der Waals surface area (Å²) >= 11 is 13.6. The van der Waals surface area contributed by atoms with Gasteiger partial charge in [-0.1, -0.05) is 35.3 Å². The fourth-order valence-electron chi connectivity index (χ4n) is 1.58. The maximum Gasteiger partial charge on any atom is 0.250 e. The lowest BCUT2D eigenvalue weighted by Crippen LogP contribution is -2.19. The van der Waals surface area contributed by atoms with Gasteiger partial charge in [0.15, 0.2) is 0 Å². The number of aromatic nitrogens is 1. The van der Waals surface area contributed by atoms with Crippen LogP contribution < -0.4 is 5.43 Å².